The third kappa shape index (κ3) is 27.8. The maximum absolute atomic E-state index is 12.0. The van der Waals surface area contributed by atoms with Crippen molar-refractivity contribution in [1.29, 1.82) is 0 Å². The van der Waals surface area contributed by atoms with Gasteiger partial charge in [-0.2, -0.15) is 0 Å². The molecule has 58 heavy (non-hydrogen) atoms. The number of rotatable bonds is 3. The van der Waals surface area contributed by atoms with Crippen LogP contribution in [-0.2, 0) is 0 Å². The third-order valence-electron chi connectivity index (χ3n) is 5.04. The molecule has 0 atom stereocenters. The minimum absolute atomic E-state index is 0. The van der Waals surface area contributed by atoms with E-state index in [1.807, 2.05) is 38.1 Å². The maximum Gasteiger partial charge on any atom is 0.233 e. The van der Waals surface area contributed by atoms with Crippen molar-refractivity contribution in [3.8, 4) is 226 Å². The Morgan fingerprint density at radius 3 is 0.586 bits per heavy atom. The molecule has 2 aromatic rings. The van der Waals surface area contributed by atoms with Crippen LogP contribution in [0.4, 0.5) is 0 Å². The summed E-state index contributed by atoms with van der Waals surface area (Å²) in [5.74, 6) is 87.2. The van der Waals surface area contributed by atoms with E-state index in [0.29, 0.717) is 11.1 Å². The summed E-state index contributed by atoms with van der Waals surface area (Å²) < 4.78 is 0. The number of carbonyl (C=O) groups excluding carboxylic acids is 2. The normalized spacial score (nSPS) is 5.72. The summed E-state index contributed by atoms with van der Waals surface area (Å²) in [6.07, 6.45) is 9.85. The van der Waals surface area contributed by atoms with Crippen LogP contribution in [0.25, 0.3) is 0 Å². The Kier molecular flexibility index (Phi) is 29.0. The Labute approximate surface area is 382 Å². The minimum atomic E-state index is -0.459. The highest BCUT2D eigenvalue weighted by molar-refractivity contribution is 6.49. The van der Waals surface area contributed by atoms with Crippen molar-refractivity contribution in [2.45, 2.75) is 13.8 Å². The zero-order chi connectivity index (χ0) is 42.6. The van der Waals surface area contributed by atoms with Crippen LogP contribution < -0.4 is 0 Å². The summed E-state index contributed by atoms with van der Waals surface area (Å²) >= 11 is 0. The van der Waals surface area contributed by atoms with Crippen LogP contribution >= 0.6 is 0 Å². The van der Waals surface area contributed by atoms with Gasteiger partial charge >= 0.3 is 0 Å². The molecule has 0 aliphatic carbocycles. The smallest absolute Gasteiger partial charge is 0.233 e. The first-order valence-electron chi connectivity index (χ1n) is 15.3. The molecule has 4 nitrogen and oxygen atoms in total. The highest BCUT2D eigenvalue weighted by Crippen LogP contribution is 2.10. The average molecular weight is 785 g/mol. The van der Waals surface area contributed by atoms with E-state index in [9.17, 15) is 9.59 Å². The van der Waals surface area contributed by atoms with E-state index in [1.165, 1.54) is 0 Å². The standard InChI is InChI=1S/C38H2.C16H14O2.O2.28H2/c1-3-5-7-9-11-13-15-17-19-21-23-25-27-29-31-33-35-37-38-36-34-32-30-28-26-24-22-20-18-16-14-12-10-8-6-4-2;1-11-3-7-13(8-4-11)15(17)16(18)14-9-5-12(2)6-10-14;1-2;;;;;;;;;;;;;;;;;;;;;;;;;;;;/h1-2H;3-10H,1-2H3;;28*1H. The fourth-order valence-corrected chi connectivity index (χ4v) is 2.74. The van der Waals surface area contributed by atoms with Crippen molar-refractivity contribution >= 4 is 11.6 Å². The van der Waals surface area contributed by atoms with Crippen LogP contribution in [-0.4, -0.2) is 11.6 Å². The zero-order valence-electron chi connectivity index (χ0n) is 30.4. The minimum Gasteiger partial charge on any atom is -0.285 e. The van der Waals surface area contributed by atoms with Gasteiger partial charge < -0.3 is 0 Å². The molecule has 0 saturated carbocycles. The average Bonchev–Trinajstić information content (AvgIpc) is 3.25. The van der Waals surface area contributed by atoms with Gasteiger partial charge in [-0.3, -0.25) is 9.59 Å². The van der Waals surface area contributed by atoms with Crippen molar-refractivity contribution in [1.82, 2.24) is 0 Å². The molecule has 2 rings (SSSR count). The van der Waals surface area contributed by atoms with E-state index in [-0.39, 0.29) is 39.9 Å². The molecule has 2 aromatic carbocycles. The number of aryl methyl sites for hydroxylation is 2. The lowest BCUT2D eigenvalue weighted by molar-refractivity contribution is 0.0817. The molecule has 0 unspecified atom stereocenters. The van der Waals surface area contributed by atoms with Gasteiger partial charge in [-0.15, -0.1) is 12.8 Å². The number of ketones is 2. The molecule has 0 saturated heterocycles. The van der Waals surface area contributed by atoms with Crippen molar-refractivity contribution in [3.63, 3.8) is 0 Å². The van der Waals surface area contributed by atoms with E-state index >= 15 is 0 Å². The van der Waals surface area contributed by atoms with Crippen LogP contribution in [0.1, 0.15) is 71.8 Å². The first kappa shape index (κ1) is 47.0. The maximum atomic E-state index is 12.0. The number of carbonyl (C=O) groups is 2. The van der Waals surface area contributed by atoms with Gasteiger partial charge in [0.15, 0.2) is 0 Å². The summed E-state index contributed by atoms with van der Waals surface area (Å²) in [6, 6.07) is 14.1. The monoisotopic (exact) mass is 785 g/mol. The first-order chi connectivity index (χ1) is 28.5. The Morgan fingerprint density at radius 2 is 0.448 bits per heavy atom. The Bertz CT molecular complexity index is 3000. The number of benzene rings is 2. The topological polar surface area (TPSA) is 68.3 Å². The lowest BCUT2D eigenvalue weighted by atomic mass is 10.00. The summed E-state index contributed by atoms with van der Waals surface area (Å²) in [6.45, 7) is 3.88. The van der Waals surface area contributed by atoms with Gasteiger partial charge in [0, 0.05) is 179 Å². The molecule has 0 aromatic heterocycles. The van der Waals surface area contributed by atoms with E-state index < -0.39 is 11.6 Å². The predicted octanol–water partition coefficient (Wildman–Crippen LogP) is 10.6. The summed E-state index contributed by atoms with van der Waals surface area (Å²) in [4.78, 5) is 38.0. The molecular formula is C54H72O4. The quantitative estimate of drug-likeness (QED) is 0.177. The fourth-order valence-electron chi connectivity index (χ4n) is 2.74. The van der Waals surface area contributed by atoms with Crippen LogP contribution in [0.5, 0.6) is 0 Å². The lowest BCUT2D eigenvalue weighted by Crippen LogP contribution is -2.14. The first-order valence-corrected chi connectivity index (χ1v) is 15.3. The zero-order valence-corrected chi connectivity index (χ0v) is 30.4. The molecule has 0 heterocycles. The van der Waals surface area contributed by atoms with Crippen LogP contribution in [0.3, 0.4) is 0 Å². The second kappa shape index (κ2) is 35.8. The van der Waals surface area contributed by atoms with Crippen LogP contribution in [0, 0.1) is 250 Å². The molecule has 0 bridgehead atoms. The van der Waals surface area contributed by atoms with Crippen LogP contribution in [0.15, 0.2) is 48.5 Å². The summed E-state index contributed by atoms with van der Waals surface area (Å²) in [7, 11) is 0. The number of Topliss-reactive ketones (excluding diaryl/α,β-unsaturated/α-hetero) is 2. The summed E-state index contributed by atoms with van der Waals surface area (Å²) in [5.41, 5.74) is 3.00. The van der Waals surface area contributed by atoms with Crippen molar-refractivity contribution < 1.29 is 49.5 Å². The highest BCUT2D eigenvalue weighted by Gasteiger charge is 2.17. The van der Waals surface area contributed by atoms with Gasteiger partial charge in [-0.25, -0.2) is 0 Å². The lowest BCUT2D eigenvalue weighted by Gasteiger charge is -2.02. The fraction of sp³-hybridized carbons (Fsp3) is 0.0370. The molecule has 0 fully saturated rings. The summed E-state index contributed by atoms with van der Waals surface area (Å²) in [5, 5.41) is 0. The Balaban J connectivity index is -0.0000000224. The molecule has 0 N–H and O–H groups in total. The van der Waals surface area contributed by atoms with E-state index in [1.54, 1.807) is 24.3 Å². The van der Waals surface area contributed by atoms with E-state index in [2.05, 4.69) is 213 Å². The van der Waals surface area contributed by atoms with Gasteiger partial charge in [0.2, 0.25) is 11.6 Å². The van der Waals surface area contributed by atoms with Gasteiger partial charge in [0.25, 0.3) is 0 Å². The Hall–Kier alpha value is -11.0. The Morgan fingerprint density at radius 1 is 0.310 bits per heavy atom. The number of terminal acetylenes is 2. The predicted molar refractivity (Wildman–Crippen MR) is 287 cm³/mol. The third-order valence-corrected chi connectivity index (χ3v) is 5.04. The highest BCUT2D eigenvalue weighted by atomic mass is 16.7. The van der Waals surface area contributed by atoms with Crippen LogP contribution in [0.2, 0.25) is 0 Å². The number of hydrogen-bond acceptors (Lipinski definition) is 4. The molecular weight excluding hydrogens is 713 g/mol. The second-order valence-electron chi connectivity index (χ2n) is 8.93. The molecule has 312 valence electrons. The number of hydrogen-bond donors (Lipinski definition) is 0. The van der Waals surface area contributed by atoms with E-state index in [0.717, 1.165) is 11.1 Å². The van der Waals surface area contributed by atoms with Crippen molar-refractivity contribution in [2.75, 3.05) is 0 Å². The van der Waals surface area contributed by atoms with Gasteiger partial charge in [-0.1, -0.05) is 59.7 Å². The molecule has 0 radical (unpaired) electrons. The largest absolute Gasteiger partial charge is 0.285 e. The molecule has 0 aliphatic rings. The van der Waals surface area contributed by atoms with Gasteiger partial charge in [0.05, 0.1) is 0 Å². The molecule has 0 aliphatic heterocycles. The van der Waals surface area contributed by atoms with Gasteiger partial charge in [0.1, 0.15) is 0 Å². The molecule has 0 spiro atoms. The van der Waals surface area contributed by atoms with Crippen molar-refractivity contribution in [2.24, 2.45) is 0 Å². The van der Waals surface area contributed by atoms with Gasteiger partial charge in [-0.05, 0) is 109 Å². The molecule has 0 amide bonds. The second-order valence-corrected chi connectivity index (χ2v) is 8.93. The van der Waals surface area contributed by atoms with E-state index in [4.69, 9.17) is 22.8 Å². The molecule has 4 heteroatoms. The SMILES string of the molecule is C#CC#CC#CC#CC#CC#CC#CC#CC#CC#CC#CC#CC#CC#CC#CC#CC#CC#CC#C.Cc1ccc(C(=O)C(=O)c2ccc(C)cc2)cc1.O=O.[HH].[HH].[HH].[HH].[HH].[HH].[HH].[HH].[HH].[HH].[HH].[HH].[HH].[HH].[HH].[HH].[HH].[HH].[HH].[HH].[HH].[HH].[HH].[HH].[HH].[HH].[HH].[HH]. The van der Waals surface area contributed by atoms with Crippen molar-refractivity contribution in [3.05, 3.63) is 80.7 Å².